The fourth-order valence-electron chi connectivity index (χ4n) is 1.76. The summed E-state index contributed by atoms with van der Waals surface area (Å²) in [6.07, 6.45) is -0.0912. The molecule has 0 radical (unpaired) electrons. The Morgan fingerprint density at radius 1 is 1.44 bits per heavy atom. The Kier molecular flexibility index (Phi) is 3.85. The highest BCUT2D eigenvalue weighted by atomic mass is 32.2. The zero-order valence-electron chi connectivity index (χ0n) is 9.26. The third-order valence-corrected chi connectivity index (χ3v) is 3.63. The van der Waals surface area contributed by atoms with Gasteiger partial charge in [-0.1, -0.05) is 18.2 Å². The number of nitrogens with zero attached hydrogens (tertiary/aromatic N) is 1. The molecule has 1 fully saturated rings. The summed E-state index contributed by atoms with van der Waals surface area (Å²) in [5.74, 6) is 1.90. The van der Waals surface area contributed by atoms with E-state index in [1.54, 1.807) is 7.11 Å². The Bertz CT molecular complexity index is 355. The molecule has 0 spiro atoms. The molecule has 0 aliphatic carbocycles. The smallest absolute Gasteiger partial charge is 0.255 e. The molecule has 1 heterocycles. The molecule has 86 valence electrons. The van der Waals surface area contributed by atoms with Crippen LogP contribution in [0.2, 0.25) is 0 Å². The van der Waals surface area contributed by atoms with E-state index in [4.69, 9.17) is 4.74 Å². The monoisotopic (exact) mass is 237 g/mol. The van der Waals surface area contributed by atoms with Crippen molar-refractivity contribution in [3.63, 3.8) is 0 Å². The summed E-state index contributed by atoms with van der Waals surface area (Å²) in [5.41, 5.74) is 0.733. The molecule has 0 aromatic heterocycles. The fraction of sp³-hybridized carbons (Fsp3) is 0.417. The van der Waals surface area contributed by atoms with Crippen LogP contribution < -0.4 is 0 Å². The van der Waals surface area contributed by atoms with Crippen molar-refractivity contribution in [1.29, 1.82) is 0 Å². The molecule has 1 aliphatic heterocycles. The molecule has 1 amide bonds. The third kappa shape index (κ3) is 2.39. The van der Waals surface area contributed by atoms with Crippen LogP contribution in [0.15, 0.2) is 30.3 Å². The zero-order valence-corrected chi connectivity index (χ0v) is 10.1. The highest BCUT2D eigenvalue weighted by Crippen LogP contribution is 2.19. The van der Waals surface area contributed by atoms with Crippen LogP contribution in [0.5, 0.6) is 0 Å². The highest BCUT2D eigenvalue weighted by Gasteiger charge is 2.27. The van der Waals surface area contributed by atoms with Crippen molar-refractivity contribution in [2.75, 3.05) is 25.2 Å². The van der Waals surface area contributed by atoms with Gasteiger partial charge in [-0.3, -0.25) is 4.79 Å². The lowest BCUT2D eigenvalue weighted by atomic mass is 10.2. The van der Waals surface area contributed by atoms with Crippen LogP contribution in [0.4, 0.5) is 0 Å². The molecule has 16 heavy (non-hydrogen) atoms. The van der Waals surface area contributed by atoms with Crippen LogP contribution in [0.1, 0.15) is 10.4 Å². The maximum Gasteiger partial charge on any atom is 0.255 e. The fourth-order valence-corrected chi connectivity index (χ4v) is 2.77. The summed E-state index contributed by atoms with van der Waals surface area (Å²) in [5, 5.41) is 0. The van der Waals surface area contributed by atoms with Crippen LogP contribution in [0.25, 0.3) is 0 Å². The van der Waals surface area contributed by atoms with E-state index in [2.05, 4.69) is 0 Å². The molecule has 0 saturated carbocycles. The Labute approximate surface area is 99.8 Å². The zero-order chi connectivity index (χ0) is 11.4. The van der Waals surface area contributed by atoms with Gasteiger partial charge in [0.2, 0.25) is 0 Å². The second-order valence-electron chi connectivity index (χ2n) is 3.63. The summed E-state index contributed by atoms with van der Waals surface area (Å²) in [4.78, 5) is 14.0. The second kappa shape index (κ2) is 5.37. The molecule has 1 aliphatic rings. The molecule has 1 aromatic carbocycles. The quantitative estimate of drug-likeness (QED) is 0.786. The molecule has 1 saturated heterocycles. The number of amides is 1. The number of ether oxygens (including phenoxy) is 1. The SMILES string of the molecule is CO[C@@H]1CSCCN1C(=O)c1ccccc1. The van der Waals surface area contributed by atoms with Gasteiger partial charge in [-0.2, -0.15) is 11.8 Å². The third-order valence-electron chi connectivity index (χ3n) is 2.64. The van der Waals surface area contributed by atoms with Gasteiger partial charge in [0.05, 0.1) is 0 Å². The Morgan fingerprint density at radius 3 is 2.88 bits per heavy atom. The summed E-state index contributed by atoms with van der Waals surface area (Å²) in [7, 11) is 1.65. The maximum atomic E-state index is 12.2. The molecule has 1 aromatic rings. The lowest BCUT2D eigenvalue weighted by Gasteiger charge is -2.34. The van der Waals surface area contributed by atoms with Crippen LogP contribution >= 0.6 is 11.8 Å². The standard InChI is InChI=1S/C12H15NO2S/c1-15-11-9-16-8-7-13(11)12(14)10-5-3-2-4-6-10/h2-6,11H,7-9H2,1H3/t11-/m1/s1. The highest BCUT2D eigenvalue weighted by molar-refractivity contribution is 7.99. The minimum absolute atomic E-state index is 0.0627. The molecule has 2 rings (SSSR count). The van der Waals surface area contributed by atoms with E-state index in [0.29, 0.717) is 0 Å². The molecule has 0 N–H and O–H groups in total. The van der Waals surface area contributed by atoms with Crippen molar-refractivity contribution in [1.82, 2.24) is 4.90 Å². The van der Waals surface area contributed by atoms with E-state index in [9.17, 15) is 4.79 Å². The van der Waals surface area contributed by atoms with E-state index in [-0.39, 0.29) is 12.1 Å². The molecule has 0 unspecified atom stereocenters. The number of rotatable bonds is 2. The number of methoxy groups -OCH3 is 1. The van der Waals surface area contributed by atoms with Gasteiger partial charge in [0.25, 0.3) is 5.91 Å². The Morgan fingerprint density at radius 2 is 2.19 bits per heavy atom. The van der Waals surface area contributed by atoms with Crippen molar-refractivity contribution in [2.24, 2.45) is 0 Å². The van der Waals surface area contributed by atoms with E-state index in [1.165, 1.54) is 0 Å². The molecule has 0 bridgehead atoms. The van der Waals surface area contributed by atoms with Gasteiger partial charge in [0.15, 0.2) is 0 Å². The van der Waals surface area contributed by atoms with Crippen LogP contribution in [0.3, 0.4) is 0 Å². The van der Waals surface area contributed by atoms with Gasteiger partial charge in [-0.05, 0) is 12.1 Å². The maximum absolute atomic E-state index is 12.2. The normalized spacial score (nSPS) is 20.8. The van der Waals surface area contributed by atoms with Crippen molar-refractivity contribution < 1.29 is 9.53 Å². The van der Waals surface area contributed by atoms with Gasteiger partial charge in [-0.25, -0.2) is 0 Å². The molecular weight excluding hydrogens is 222 g/mol. The van der Waals surface area contributed by atoms with E-state index >= 15 is 0 Å². The van der Waals surface area contributed by atoms with E-state index < -0.39 is 0 Å². The lowest BCUT2D eigenvalue weighted by Crippen LogP contribution is -2.47. The molecule has 4 heteroatoms. The number of thioether (sulfide) groups is 1. The average molecular weight is 237 g/mol. The Balaban J connectivity index is 2.14. The van der Waals surface area contributed by atoms with Gasteiger partial charge in [0, 0.05) is 30.7 Å². The summed E-state index contributed by atoms with van der Waals surface area (Å²) in [6, 6.07) is 9.37. The first kappa shape index (κ1) is 11.5. The number of carbonyl (C=O) groups is 1. The molecular formula is C12H15NO2S. The first-order valence-electron chi connectivity index (χ1n) is 5.29. The van der Waals surface area contributed by atoms with Crippen molar-refractivity contribution in [3.8, 4) is 0 Å². The number of hydrogen-bond donors (Lipinski definition) is 0. The predicted octanol–water partition coefficient (Wildman–Crippen LogP) is 1.85. The minimum Gasteiger partial charge on any atom is -0.361 e. The van der Waals surface area contributed by atoms with Gasteiger partial charge in [-0.15, -0.1) is 0 Å². The summed E-state index contributed by atoms with van der Waals surface area (Å²) in [6.45, 7) is 0.761. The topological polar surface area (TPSA) is 29.5 Å². The summed E-state index contributed by atoms with van der Waals surface area (Å²) >= 11 is 1.83. The number of carbonyl (C=O) groups excluding carboxylic acids is 1. The second-order valence-corrected chi connectivity index (χ2v) is 4.78. The van der Waals surface area contributed by atoms with Crippen LogP contribution in [0, 0.1) is 0 Å². The van der Waals surface area contributed by atoms with Gasteiger partial charge >= 0.3 is 0 Å². The Hall–Kier alpha value is -1.00. The average Bonchev–Trinajstić information content (AvgIpc) is 2.39. The largest absolute Gasteiger partial charge is 0.361 e. The van der Waals surface area contributed by atoms with Crippen molar-refractivity contribution in [3.05, 3.63) is 35.9 Å². The van der Waals surface area contributed by atoms with Gasteiger partial charge < -0.3 is 9.64 Å². The van der Waals surface area contributed by atoms with Crippen LogP contribution in [-0.4, -0.2) is 42.2 Å². The van der Waals surface area contributed by atoms with Crippen molar-refractivity contribution >= 4 is 17.7 Å². The first-order valence-corrected chi connectivity index (χ1v) is 6.45. The minimum atomic E-state index is -0.0912. The van der Waals surface area contributed by atoms with Crippen molar-refractivity contribution in [2.45, 2.75) is 6.23 Å². The predicted molar refractivity (Wildman–Crippen MR) is 65.6 cm³/mol. The molecule has 3 nitrogen and oxygen atoms in total. The summed E-state index contributed by atoms with van der Waals surface area (Å²) < 4.78 is 5.33. The number of hydrogen-bond acceptors (Lipinski definition) is 3. The van der Waals surface area contributed by atoms with E-state index in [0.717, 1.165) is 23.6 Å². The lowest BCUT2D eigenvalue weighted by molar-refractivity contribution is -0.00659. The van der Waals surface area contributed by atoms with E-state index in [1.807, 2.05) is 47.0 Å². The van der Waals surface area contributed by atoms with Gasteiger partial charge in [0.1, 0.15) is 6.23 Å². The number of benzene rings is 1. The first-order chi connectivity index (χ1) is 7.83. The van der Waals surface area contributed by atoms with Crippen LogP contribution in [-0.2, 0) is 4.74 Å². The molecule has 1 atom stereocenters.